The minimum absolute atomic E-state index is 0.0130. The van der Waals surface area contributed by atoms with Gasteiger partial charge in [-0.2, -0.15) is 0 Å². The van der Waals surface area contributed by atoms with Crippen molar-refractivity contribution >= 4 is 18.2 Å². The molecule has 0 aliphatic heterocycles. The van der Waals surface area contributed by atoms with Crippen LogP contribution in [0.4, 0.5) is 0 Å². The second-order valence-corrected chi connectivity index (χ2v) is 5.30. The van der Waals surface area contributed by atoms with Crippen LogP contribution in [0.5, 0.6) is 0 Å². The predicted molar refractivity (Wildman–Crippen MR) is 82.9 cm³/mol. The molecular formula is C14H26N2O6. The lowest BCUT2D eigenvalue weighted by Crippen LogP contribution is -2.41. The van der Waals surface area contributed by atoms with E-state index in [2.05, 4.69) is 10.5 Å². The number of carboxylic acids is 2. The third-order valence-corrected chi connectivity index (χ3v) is 1.81. The lowest BCUT2D eigenvalue weighted by Gasteiger charge is -2.21. The van der Waals surface area contributed by atoms with Gasteiger partial charge in [-0.1, -0.05) is 12.1 Å². The Balaban J connectivity index is 0. The van der Waals surface area contributed by atoms with Gasteiger partial charge in [0.15, 0.2) is 0 Å². The van der Waals surface area contributed by atoms with Gasteiger partial charge in [-0.15, -0.1) is 0 Å². The van der Waals surface area contributed by atoms with Crippen molar-refractivity contribution in [1.29, 1.82) is 0 Å². The van der Waals surface area contributed by atoms with Crippen LogP contribution in [0.15, 0.2) is 17.3 Å². The lowest BCUT2D eigenvalue weighted by molar-refractivity contribution is -0.134. The maximum absolute atomic E-state index is 9.55. The molecule has 0 rings (SSSR count). The molecule has 0 aliphatic carbocycles. The SMILES string of the molecule is CCCO/N=C/C(O)CNC(C)(C)C.O=C(O)/C=C/C(=O)O. The van der Waals surface area contributed by atoms with Crippen molar-refractivity contribution in [3.63, 3.8) is 0 Å². The standard InChI is InChI=1S/C10H22N2O2.C4H4O4/c1-5-6-14-12-8-9(13)7-11-10(2,3)4;5-3(6)1-2-4(7)8/h8-9,11,13H,5-7H2,1-4H3;1-2H,(H,5,6)(H,7,8)/b12-8+;2-1+. The highest BCUT2D eigenvalue weighted by atomic mass is 16.6. The zero-order chi connectivity index (χ0) is 17.6. The van der Waals surface area contributed by atoms with E-state index >= 15 is 0 Å². The third kappa shape index (κ3) is 23.2. The second kappa shape index (κ2) is 12.8. The fraction of sp³-hybridized carbons (Fsp3) is 0.643. The normalized spacial score (nSPS) is 12.8. The van der Waals surface area contributed by atoms with Gasteiger partial charge in [0.25, 0.3) is 0 Å². The number of nitrogens with one attached hydrogen (secondary N) is 1. The summed E-state index contributed by atoms with van der Waals surface area (Å²) in [6, 6.07) is 0. The Morgan fingerprint density at radius 1 is 1.23 bits per heavy atom. The number of hydrogen-bond donors (Lipinski definition) is 4. The number of aliphatic hydroxyl groups is 1. The van der Waals surface area contributed by atoms with Crippen LogP contribution in [0.3, 0.4) is 0 Å². The summed E-state index contributed by atoms with van der Waals surface area (Å²) < 4.78 is 0. The molecule has 0 aromatic heterocycles. The van der Waals surface area contributed by atoms with Gasteiger partial charge in [-0.3, -0.25) is 0 Å². The molecule has 0 saturated carbocycles. The van der Waals surface area contributed by atoms with E-state index in [4.69, 9.17) is 15.1 Å². The molecule has 0 bridgehead atoms. The molecule has 8 nitrogen and oxygen atoms in total. The Morgan fingerprint density at radius 2 is 1.73 bits per heavy atom. The number of carbonyl (C=O) groups is 2. The molecule has 0 fully saturated rings. The fourth-order valence-electron chi connectivity index (χ4n) is 0.863. The van der Waals surface area contributed by atoms with E-state index in [1.54, 1.807) is 0 Å². The highest BCUT2D eigenvalue weighted by Gasteiger charge is 2.10. The molecule has 128 valence electrons. The van der Waals surface area contributed by atoms with Crippen molar-refractivity contribution < 1.29 is 29.7 Å². The van der Waals surface area contributed by atoms with E-state index in [1.165, 1.54) is 6.21 Å². The van der Waals surface area contributed by atoms with E-state index in [1.807, 2.05) is 27.7 Å². The molecule has 0 radical (unpaired) electrons. The maximum Gasteiger partial charge on any atom is 0.328 e. The summed E-state index contributed by atoms with van der Waals surface area (Å²) in [6.07, 6.45) is 2.86. The summed E-state index contributed by atoms with van der Waals surface area (Å²) in [5.41, 5.74) is 0.0130. The van der Waals surface area contributed by atoms with Crippen LogP contribution in [0.2, 0.25) is 0 Å². The van der Waals surface area contributed by atoms with Gasteiger partial charge < -0.3 is 25.5 Å². The van der Waals surface area contributed by atoms with E-state index in [0.29, 0.717) is 25.3 Å². The Morgan fingerprint density at radius 3 is 2.09 bits per heavy atom. The Labute approximate surface area is 130 Å². The van der Waals surface area contributed by atoms with Crippen molar-refractivity contribution in [2.75, 3.05) is 13.2 Å². The van der Waals surface area contributed by atoms with Crippen LogP contribution in [-0.2, 0) is 14.4 Å². The lowest BCUT2D eigenvalue weighted by atomic mass is 10.1. The number of aliphatic carboxylic acids is 2. The molecular weight excluding hydrogens is 292 g/mol. The van der Waals surface area contributed by atoms with Crippen LogP contribution < -0.4 is 5.32 Å². The van der Waals surface area contributed by atoms with Gasteiger partial charge in [0.2, 0.25) is 0 Å². The first-order chi connectivity index (χ1) is 10.1. The van der Waals surface area contributed by atoms with Crippen LogP contribution in [0, 0.1) is 0 Å². The van der Waals surface area contributed by atoms with E-state index in [-0.39, 0.29) is 5.54 Å². The van der Waals surface area contributed by atoms with Gasteiger partial charge in [0.05, 0.1) is 6.21 Å². The number of aliphatic hydroxyl groups excluding tert-OH is 1. The smallest absolute Gasteiger partial charge is 0.328 e. The third-order valence-electron chi connectivity index (χ3n) is 1.81. The second-order valence-electron chi connectivity index (χ2n) is 5.30. The van der Waals surface area contributed by atoms with E-state index in [0.717, 1.165) is 6.42 Å². The van der Waals surface area contributed by atoms with Crippen molar-refractivity contribution in [3.05, 3.63) is 12.2 Å². The van der Waals surface area contributed by atoms with Gasteiger partial charge >= 0.3 is 11.9 Å². The minimum Gasteiger partial charge on any atom is -0.478 e. The largest absolute Gasteiger partial charge is 0.478 e. The number of hydrogen-bond acceptors (Lipinski definition) is 6. The number of rotatable bonds is 8. The summed E-state index contributed by atoms with van der Waals surface area (Å²) in [6.45, 7) is 9.23. The number of nitrogens with zero attached hydrogens (tertiary/aromatic N) is 1. The Hall–Kier alpha value is -1.93. The molecule has 1 atom stereocenters. The van der Waals surface area contributed by atoms with Gasteiger partial charge in [0, 0.05) is 24.2 Å². The summed E-state index contributed by atoms with van der Waals surface area (Å²) in [5, 5.41) is 31.9. The van der Waals surface area contributed by atoms with Gasteiger partial charge in [-0.05, 0) is 27.2 Å². The topological polar surface area (TPSA) is 128 Å². The molecule has 8 heteroatoms. The van der Waals surface area contributed by atoms with Crippen LogP contribution in [0.1, 0.15) is 34.1 Å². The first-order valence-corrected chi connectivity index (χ1v) is 6.81. The van der Waals surface area contributed by atoms with Crippen molar-refractivity contribution in [2.24, 2.45) is 5.16 Å². The monoisotopic (exact) mass is 318 g/mol. The average Bonchev–Trinajstić information content (AvgIpc) is 2.39. The number of β-amino-alcohol motifs (C(OH)–C–C–N with tert-alkyl or cyclic N) is 1. The van der Waals surface area contributed by atoms with Gasteiger partial charge in [-0.25, -0.2) is 9.59 Å². The first kappa shape index (κ1) is 22.4. The molecule has 0 amide bonds. The van der Waals surface area contributed by atoms with Crippen molar-refractivity contribution in [2.45, 2.75) is 45.8 Å². The molecule has 22 heavy (non-hydrogen) atoms. The highest BCUT2D eigenvalue weighted by molar-refractivity contribution is 5.89. The van der Waals surface area contributed by atoms with Crippen LogP contribution in [0.25, 0.3) is 0 Å². The summed E-state index contributed by atoms with van der Waals surface area (Å²) in [7, 11) is 0. The van der Waals surface area contributed by atoms with E-state index < -0.39 is 18.0 Å². The average molecular weight is 318 g/mol. The van der Waals surface area contributed by atoms with Gasteiger partial charge in [0.1, 0.15) is 12.7 Å². The molecule has 4 N–H and O–H groups in total. The van der Waals surface area contributed by atoms with Crippen molar-refractivity contribution in [1.82, 2.24) is 5.32 Å². The quantitative estimate of drug-likeness (QED) is 0.226. The summed E-state index contributed by atoms with van der Waals surface area (Å²) in [5.74, 6) is -2.51. The molecule has 0 saturated heterocycles. The zero-order valence-electron chi connectivity index (χ0n) is 13.4. The Bertz CT molecular complexity index is 358. The minimum atomic E-state index is -1.26. The molecule has 0 aliphatic rings. The fourth-order valence-corrected chi connectivity index (χ4v) is 0.863. The molecule has 0 aromatic rings. The molecule has 0 heterocycles. The predicted octanol–water partition coefficient (Wildman–Crippen LogP) is 0.860. The maximum atomic E-state index is 9.55. The molecule has 1 unspecified atom stereocenters. The summed E-state index contributed by atoms with van der Waals surface area (Å²) >= 11 is 0. The first-order valence-electron chi connectivity index (χ1n) is 6.81. The summed E-state index contributed by atoms with van der Waals surface area (Å²) in [4.78, 5) is 24.0. The number of carboxylic acid groups (broad SMARTS) is 2. The molecule has 0 aromatic carbocycles. The zero-order valence-corrected chi connectivity index (χ0v) is 13.4. The van der Waals surface area contributed by atoms with Crippen molar-refractivity contribution in [3.8, 4) is 0 Å². The molecule has 0 spiro atoms. The number of oxime groups is 1. The highest BCUT2D eigenvalue weighted by Crippen LogP contribution is 1.97. The van der Waals surface area contributed by atoms with E-state index in [9.17, 15) is 14.7 Å². The van der Waals surface area contributed by atoms with Crippen LogP contribution in [-0.4, -0.2) is 58.3 Å². The van der Waals surface area contributed by atoms with Crippen LogP contribution >= 0.6 is 0 Å². The Kier molecular flexibility index (Phi) is 13.0.